The molecule has 1 rings (SSSR count). The van der Waals surface area contributed by atoms with Gasteiger partial charge in [-0.1, -0.05) is 11.6 Å². The van der Waals surface area contributed by atoms with E-state index in [0.717, 1.165) is 10.6 Å². The molecule has 0 fully saturated rings. The highest BCUT2D eigenvalue weighted by molar-refractivity contribution is 14.1. The van der Waals surface area contributed by atoms with Crippen LogP contribution in [0.15, 0.2) is 18.2 Å². The number of hydrogen-bond donors (Lipinski definition) is 0. The Bertz CT molecular complexity index is 220. The maximum atomic E-state index is 5.71. The fourth-order valence-electron chi connectivity index (χ4n) is 0.543. The first-order valence-electron chi connectivity index (χ1n) is 2.47. The van der Waals surface area contributed by atoms with Crippen LogP contribution in [0.4, 0.5) is 0 Å². The Hall–Kier alpha value is 0.240. The topological polar surface area (TPSA) is 0 Å². The summed E-state index contributed by atoms with van der Waals surface area (Å²) in [7, 11) is 0. The van der Waals surface area contributed by atoms with E-state index in [1.165, 1.54) is 3.57 Å². The van der Waals surface area contributed by atoms with Crippen molar-refractivity contribution in [1.82, 2.24) is 0 Å². The zero-order valence-electron chi connectivity index (χ0n) is 4.70. The van der Waals surface area contributed by atoms with Crippen LogP contribution in [-0.2, 0) is 0 Å². The Morgan fingerprint density at radius 2 is 2.11 bits per heavy atom. The second-order valence-electron chi connectivity index (χ2n) is 1.74. The number of benzene rings is 1. The monoisotopic (exact) mass is 251 g/mol. The van der Waals surface area contributed by atoms with Crippen molar-refractivity contribution in [3.05, 3.63) is 39.3 Å². The van der Waals surface area contributed by atoms with Gasteiger partial charge in [0.15, 0.2) is 0 Å². The molecular weight excluding hydrogens is 246 g/mol. The van der Waals surface area contributed by atoms with E-state index < -0.39 is 0 Å². The lowest BCUT2D eigenvalue weighted by Crippen LogP contribution is -1.75. The zero-order valence-corrected chi connectivity index (χ0v) is 7.61. The van der Waals surface area contributed by atoms with Gasteiger partial charge in [0.05, 0.1) is 0 Å². The third-order valence-corrected chi connectivity index (χ3v) is 2.05. The van der Waals surface area contributed by atoms with Gasteiger partial charge in [0.2, 0.25) is 0 Å². The van der Waals surface area contributed by atoms with E-state index in [9.17, 15) is 0 Å². The second-order valence-corrected chi connectivity index (χ2v) is 3.39. The average Bonchev–Trinajstić information content (AvgIpc) is 1.80. The van der Waals surface area contributed by atoms with Gasteiger partial charge >= 0.3 is 0 Å². The Balaban J connectivity index is 3.17. The minimum Gasteiger partial charge on any atom is -0.0840 e. The van der Waals surface area contributed by atoms with Gasteiger partial charge in [-0.05, 0) is 53.3 Å². The van der Waals surface area contributed by atoms with E-state index in [1.54, 1.807) is 0 Å². The molecule has 9 heavy (non-hydrogen) atoms. The Kier molecular flexibility index (Phi) is 2.35. The lowest BCUT2D eigenvalue weighted by atomic mass is 10.2. The lowest BCUT2D eigenvalue weighted by Gasteiger charge is -1.95. The summed E-state index contributed by atoms with van der Waals surface area (Å²) < 4.78 is 1.17. The van der Waals surface area contributed by atoms with Crippen LogP contribution in [0.1, 0.15) is 5.56 Å². The lowest BCUT2D eigenvalue weighted by molar-refractivity contribution is 1.57. The van der Waals surface area contributed by atoms with E-state index >= 15 is 0 Å². The quantitative estimate of drug-likeness (QED) is 0.622. The molecule has 0 bridgehead atoms. The summed E-state index contributed by atoms with van der Waals surface area (Å²) in [4.78, 5) is 0. The van der Waals surface area contributed by atoms with Gasteiger partial charge in [-0.25, -0.2) is 0 Å². The van der Waals surface area contributed by atoms with E-state index in [2.05, 4.69) is 29.5 Å². The van der Waals surface area contributed by atoms with Crippen LogP contribution in [0.2, 0.25) is 5.02 Å². The van der Waals surface area contributed by atoms with Crippen LogP contribution < -0.4 is 0 Å². The fraction of sp³-hybridized carbons (Fsp3) is 0. The molecule has 0 saturated carbocycles. The molecule has 0 aliphatic rings. The predicted molar refractivity (Wildman–Crippen MR) is 48.6 cm³/mol. The summed E-state index contributed by atoms with van der Waals surface area (Å²) in [5.41, 5.74) is 0.892. The molecule has 1 aromatic carbocycles. The number of halogens is 2. The van der Waals surface area contributed by atoms with Crippen molar-refractivity contribution in [2.75, 3.05) is 0 Å². The maximum absolute atomic E-state index is 5.71. The van der Waals surface area contributed by atoms with Crippen LogP contribution >= 0.6 is 34.2 Å². The van der Waals surface area contributed by atoms with Gasteiger partial charge in [0, 0.05) is 8.59 Å². The molecule has 0 aliphatic carbocycles. The molecule has 0 aromatic heterocycles. The van der Waals surface area contributed by atoms with Crippen LogP contribution in [0.5, 0.6) is 0 Å². The first-order chi connectivity index (χ1) is 4.20. The summed E-state index contributed by atoms with van der Waals surface area (Å²) in [5.74, 6) is 0. The van der Waals surface area contributed by atoms with Crippen molar-refractivity contribution in [2.24, 2.45) is 0 Å². The summed E-state index contributed by atoms with van der Waals surface area (Å²) in [6, 6.07) is 5.76. The summed E-state index contributed by atoms with van der Waals surface area (Å²) in [6.07, 6.45) is 0. The standard InChI is InChI=1S/C7H5ClI/c1-5-4-6(9)2-3-7(5)8/h2-4H,1H2. The average molecular weight is 251 g/mol. The number of hydrogen-bond acceptors (Lipinski definition) is 0. The smallest absolute Gasteiger partial charge is 0.0438 e. The third-order valence-electron chi connectivity index (χ3n) is 1.01. The molecule has 0 aliphatic heterocycles. The highest BCUT2D eigenvalue weighted by atomic mass is 127. The molecule has 0 N–H and O–H groups in total. The minimum atomic E-state index is 0.732. The SMILES string of the molecule is [CH2]c1cc(I)ccc1Cl. The Labute approximate surface area is 73.4 Å². The van der Waals surface area contributed by atoms with E-state index in [1.807, 2.05) is 18.2 Å². The zero-order chi connectivity index (χ0) is 6.85. The highest BCUT2D eigenvalue weighted by Crippen LogP contribution is 2.16. The second kappa shape index (κ2) is 2.88. The van der Waals surface area contributed by atoms with Crippen molar-refractivity contribution in [3.8, 4) is 0 Å². The molecule has 1 radical (unpaired) electrons. The van der Waals surface area contributed by atoms with Gasteiger partial charge in [0.25, 0.3) is 0 Å². The molecule has 0 spiro atoms. The maximum Gasteiger partial charge on any atom is 0.0438 e. The van der Waals surface area contributed by atoms with E-state index in [4.69, 9.17) is 11.6 Å². The molecule has 2 heteroatoms. The van der Waals surface area contributed by atoms with Gasteiger partial charge in [-0.3, -0.25) is 0 Å². The van der Waals surface area contributed by atoms with Crippen molar-refractivity contribution in [3.63, 3.8) is 0 Å². The van der Waals surface area contributed by atoms with Crippen LogP contribution in [0, 0.1) is 10.5 Å². The summed E-state index contributed by atoms with van der Waals surface area (Å²) in [5, 5.41) is 0.732. The third kappa shape index (κ3) is 1.83. The first-order valence-corrected chi connectivity index (χ1v) is 3.93. The molecule has 0 amide bonds. The largest absolute Gasteiger partial charge is 0.0840 e. The molecule has 1 aromatic rings. The normalized spacial score (nSPS) is 9.67. The van der Waals surface area contributed by atoms with Crippen molar-refractivity contribution in [1.29, 1.82) is 0 Å². The van der Waals surface area contributed by atoms with Gasteiger partial charge < -0.3 is 0 Å². The molecule has 0 atom stereocenters. The van der Waals surface area contributed by atoms with Crippen LogP contribution in [0.3, 0.4) is 0 Å². The summed E-state index contributed by atoms with van der Waals surface area (Å²) >= 11 is 7.94. The van der Waals surface area contributed by atoms with Crippen LogP contribution in [-0.4, -0.2) is 0 Å². The van der Waals surface area contributed by atoms with Gasteiger partial charge in [0.1, 0.15) is 0 Å². The van der Waals surface area contributed by atoms with E-state index in [0.29, 0.717) is 0 Å². The van der Waals surface area contributed by atoms with Crippen LogP contribution in [0.25, 0.3) is 0 Å². The molecule has 0 heterocycles. The van der Waals surface area contributed by atoms with Gasteiger partial charge in [-0.2, -0.15) is 0 Å². The molecule has 0 nitrogen and oxygen atoms in total. The Morgan fingerprint density at radius 1 is 1.44 bits per heavy atom. The molecule has 0 unspecified atom stereocenters. The highest BCUT2D eigenvalue weighted by Gasteiger charge is 1.92. The fourth-order valence-corrected chi connectivity index (χ4v) is 1.22. The van der Waals surface area contributed by atoms with Gasteiger partial charge in [-0.15, -0.1) is 0 Å². The predicted octanol–water partition coefficient (Wildman–Crippen LogP) is 3.13. The summed E-state index contributed by atoms with van der Waals surface area (Å²) in [6.45, 7) is 3.74. The number of rotatable bonds is 0. The molecule has 47 valence electrons. The minimum absolute atomic E-state index is 0.732. The van der Waals surface area contributed by atoms with Crippen molar-refractivity contribution < 1.29 is 0 Å². The van der Waals surface area contributed by atoms with Crippen molar-refractivity contribution in [2.45, 2.75) is 0 Å². The van der Waals surface area contributed by atoms with E-state index in [-0.39, 0.29) is 0 Å². The molecule has 0 saturated heterocycles. The Morgan fingerprint density at radius 3 is 2.56 bits per heavy atom. The first kappa shape index (κ1) is 7.35. The van der Waals surface area contributed by atoms with Crippen molar-refractivity contribution >= 4 is 34.2 Å². The molecular formula is C7H5ClI.